The highest BCUT2D eigenvalue weighted by atomic mass is 15.2. The van der Waals surface area contributed by atoms with Gasteiger partial charge in [-0.1, -0.05) is 12.1 Å². The molecule has 2 atom stereocenters. The molecule has 2 heterocycles. The first-order valence-electron chi connectivity index (χ1n) is 5.32. The molecule has 2 aliphatic heterocycles. The lowest BCUT2D eigenvalue weighted by atomic mass is 9.94. The Morgan fingerprint density at radius 1 is 1.36 bits per heavy atom. The van der Waals surface area contributed by atoms with Crippen molar-refractivity contribution in [2.45, 2.75) is 18.9 Å². The molecule has 0 bridgehead atoms. The van der Waals surface area contributed by atoms with Gasteiger partial charge in [0.1, 0.15) is 0 Å². The van der Waals surface area contributed by atoms with E-state index in [1.165, 1.54) is 11.3 Å². The van der Waals surface area contributed by atoms with Gasteiger partial charge in [0.25, 0.3) is 0 Å². The third kappa shape index (κ3) is 0.894. The maximum atomic E-state index is 3.48. The Labute approximate surface area is 84.9 Å². The molecule has 1 aromatic rings. The molecule has 3 rings (SSSR count). The average Bonchev–Trinajstić information content (AvgIpc) is 2.72. The molecular weight excluding hydrogens is 172 g/mol. The van der Waals surface area contributed by atoms with E-state index >= 15 is 0 Å². The lowest BCUT2D eigenvalue weighted by Crippen LogP contribution is -2.31. The van der Waals surface area contributed by atoms with Crippen molar-refractivity contribution in [3.05, 3.63) is 29.3 Å². The van der Waals surface area contributed by atoms with Gasteiger partial charge in [0, 0.05) is 37.8 Å². The molecule has 0 amide bonds. The monoisotopic (exact) mass is 188 g/mol. The Balaban J connectivity index is 2.18. The Bertz CT molecular complexity index is 373. The van der Waals surface area contributed by atoms with Gasteiger partial charge in [0.05, 0.1) is 0 Å². The predicted octanol–water partition coefficient (Wildman–Crippen LogP) is 1.50. The van der Waals surface area contributed by atoms with Crippen LogP contribution in [0, 0.1) is 6.92 Å². The van der Waals surface area contributed by atoms with Crippen LogP contribution in [0.1, 0.15) is 17.0 Å². The van der Waals surface area contributed by atoms with Crippen molar-refractivity contribution in [2.24, 2.45) is 0 Å². The summed E-state index contributed by atoms with van der Waals surface area (Å²) in [5.41, 5.74) is 4.47. The van der Waals surface area contributed by atoms with Gasteiger partial charge in [-0.25, -0.2) is 0 Å². The number of aryl methyl sites for hydroxylation is 1. The zero-order valence-electron chi connectivity index (χ0n) is 8.75. The second-order valence-corrected chi connectivity index (χ2v) is 4.45. The Kier molecular flexibility index (Phi) is 1.62. The summed E-state index contributed by atoms with van der Waals surface area (Å²) >= 11 is 0. The number of hydrogen-bond donors (Lipinski definition) is 1. The van der Waals surface area contributed by atoms with E-state index in [1.807, 2.05) is 0 Å². The second kappa shape index (κ2) is 2.74. The first-order valence-corrected chi connectivity index (χ1v) is 5.32. The van der Waals surface area contributed by atoms with Gasteiger partial charge in [0.15, 0.2) is 0 Å². The number of anilines is 1. The minimum Gasteiger partial charge on any atom is -0.369 e. The van der Waals surface area contributed by atoms with Gasteiger partial charge in [-0.15, -0.1) is 0 Å². The van der Waals surface area contributed by atoms with Crippen molar-refractivity contribution in [3.63, 3.8) is 0 Å². The van der Waals surface area contributed by atoms with Gasteiger partial charge in [0.2, 0.25) is 0 Å². The number of nitrogens with one attached hydrogen (secondary N) is 1. The molecule has 0 aromatic heterocycles. The highest BCUT2D eigenvalue weighted by molar-refractivity contribution is 5.64. The molecule has 2 aliphatic rings. The van der Waals surface area contributed by atoms with Crippen LogP contribution in [0.2, 0.25) is 0 Å². The molecule has 0 saturated carbocycles. The van der Waals surface area contributed by atoms with Crippen LogP contribution in [-0.4, -0.2) is 26.2 Å². The third-order valence-corrected chi connectivity index (χ3v) is 3.73. The number of benzene rings is 1. The van der Waals surface area contributed by atoms with Crippen LogP contribution in [-0.2, 0) is 0 Å². The summed E-state index contributed by atoms with van der Waals surface area (Å²) in [6, 6.07) is 7.33. The molecular formula is C12H16N2. The van der Waals surface area contributed by atoms with Crippen LogP contribution in [0.5, 0.6) is 0 Å². The fourth-order valence-corrected chi connectivity index (χ4v) is 3.00. The maximum absolute atomic E-state index is 3.48. The lowest BCUT2D eigenvalue weighted by molar-refractivity contribution is 0.662. The molecule has 14 heavy (non-hydrogen) atoms. The number of hydrogen-bond acceptors (Lipinski definition) is 2. The lowest BCUT2D eigenvalue weighted by Gasteiger charge is -2.20. The number of fused-ring (bicyclic) bond motifs is 3. The van der Waals surface area contributed by atoms with E-state index in [9.17, 15) is 0 Å². The number of rotatable bonds is 0. The molecule has 0 spiro atoms. The molecule has 2 unspecified atom stereocenters. The standard InChI is InChI=1S/C12H16N2/c1-8-4-3-5-10-12(8)9-6-13-7-11(9)14(10)2/h3-5,9,11,13H,6-7H2,1-2H3. The second-order valence-electron chi connectivity index (χ2n) is 4.45. The molecule has 2 heteroatoms. The summed E-state index contributed by atoms with van der Waals surface area (Å²) in [5, 5.41) is 3.48. The predicted molar refractivity (Wildman–Crippen MR) is 59.0 cm³/mol. The van der Waals surface area contributed by atoms with Crippen LogP contribution in [0.3, 0.4) is 0 Å². The van der Waals surface area contributed by atoms with Gasteiger partial charge >= 0.3 is 0 Å². The highest BCUT2D eigenvalue weighted by Gasteiger charge is 2.40. The van der Waals surface area contributed by atoms with Crippen molar-refractivity contribution in [3.8, 4) is 0 Å². The van der Waals surface area contributed by atoms with Crippen molar-refractivity contribution in [2.75, 3.05) is 25.0 Å². The van der Waals surface area contributed by atoms with Crippen LogP contribution in [0.4, 0.5) is 5.69 Å². The van der Waals surface area contributed by atoms with Gasteiger partial charge in [-0.3, -0.25) is 0 Å². The Hall–Kier alpha value is -1.02. The third-order valence-electron chi connectivity index (χ3n) is 3.73. The van der Waals surface area contributed by atoms with Crippen LogP contribution >= 0.6 is 0 Å². The van der Waals surface area contributed by atoms with Gasteiger partial charge in [-0.2, -0.15) is 0 Å². The first kappa shape index (κ1) is 8.30. The Morgan fingerprint density at radius 2 is 2.21 bits per heavy atom. The van der Waals surface area contributed by atoms with E-state index in [2.05, 4.69) is 42.4 Å². The maximum Gasteiger partial charge on any atom is 0.0492 e. The normalized spacial score (nSPS) is 29.1. The molecule has 1 N–H and O–H groups in total. The van der Waals surface area contributed by atoms with Crippen LogP contribution in [0.25, 0.3) is 0 Å². The minimum absolute atomic E-state index is 0.686. The molecule has 2 nitrogen and oxygen atoms in total. The minimum atomic E-state index is 0.686. The van der Waals surface area contributed by atoms with Gasteiger partial charge < -0.3 is 10.2 Å². The smallest absolute Gasteiger partial charge is 0.0492 e. The average molecular weight is 188 g/mol. The molecule has 1 aromatic carbocycles. The molecule has 0 aliphatic carbocycles. The zero-order valence-corrected chi connectivity index (χ0v) is 8.75. The van der Waals surface area contributed by atoms with E-state index in [0.717, 1.165) is 19.0 Å². The first-order chi connectivity index (χ1) is 6.79. The summed E-state index contributed by atoms with van der Waals surface area (Å²) in [4.78, 5) is 2.44. The molecule has 74 valence electrons. The van der Waals surface area contributed by atoms with E-state index in [1.54, 1.807) is 5.56 Å². The Morgan fingerprint density at radius 3 is 3.07 bits per heavy atom. The fraction of sp³-hybridized carbons (Fsp3) is 0.500. The summed E-state index contributed by atoms with van der Waals surface area (Å²) in [7, 11) is 2.22. The highest BCUT2D eigenvalue weighted by Crippen LogP contribution is 2.43. The largest absolute Gasteiger partial charge is 0.369 e. The van der Waals surface area contributed by atoms with E-state index in [0.29, 0.717) is 6.04 Å². The van der Waals surface area contributed by atoms with Crippen LogP contribution < -0.4 is 10.2 Å². The van der Waals surface area contributed by atoms with E-state index < -0.39 is 0 Å². The molecule has 1 fully saturated rings. The molecule has 0 radical (unpaired) electrons. The summed E-state index contributed by atoms with van der Waals surface area (Å²) in [6.07, 6.45) is 0. The van der Waals surface area contributed by atoms with Gasteiger partial charge in [-0.05, 0) is 24.1 Å². The quantitative estimate of drug-likeness (QED) is 0.663. The summed E-state index contributed by atoms with van der Waals surface area (Å²) < 4.78 is 0. The molecule has 1 saturated heterocycles. The van der Waals surface area contributed by atoms with Crippen molar-refractivity contribution >= 4 is 5.69 Å². The van der Waals surface area contributed by atoms with E-state index in [-0.39, 0.29) is 0 Å². The fourth-order valence-electron chi connectivity index (χ4n) is 3.00. The number of nitrogens with zero attached hydrogens (tertiary/aromatic N) is 1. The van der Waals surface area contributed by atoms with Crippen LogP contribution in [0.15, 0.2) is 18.2 Å². The van der Waals surface area contributed by atoms with Crippen molar-refractivity contribution < 1.29 is 0 Å². The topological polar surface area (TPSA) is 15.3 Å². The van der Waals surface area contributed by atoms with E-state index in [4.69, 9.17) is 0 Å². The van der Waals surface area contributed by atoms with Crippen molar-refractivity contribution in [1.29, 1.82) is 0 Å². The number of likely N-dealkylation sites (N-methyl/N-ethyl adjacent to an activating group) is 1. The zero-order chi connectivity index (χ0) is 9.71. The summed E-state index contributed by atoms with van der Waals surface area (Å²) in [5.74, 6) is 0.719. The summed E-state index contributed by atoms with van der Waals surface area (Å²) in [6.45, 7) is 4.51. The van der Waals surface area contributed by atoms with Crippen molar-refractivity contribution in [1.82, 2.24) is 5.32 Å². The SMILES string of the molecule is Cc1cccc2c1C1CNCC1N2C.